The molecule has 2 heterocycles. The van der Waals surface area contributed by atoms with Crippen LogP contribution in [0.25, 0.3) is 0 Å². The summed E-state index contributed by atoms with van der Waals surface area (Å²) in [6, 6.07) is 5.39. The average molecular weight is 255 g/mol. The lowest BCUT2D eigenvalue weighted by molar-refractivity contribution is 0.0298. The minimum absolute atomic E-state index is 0.281. The van der Waals surface area contributed by atoms with Crippen LogP contribution in [0.15, 0.2) is 36.8 Å². The average Bonchev–Trinajstić information content (AvgIpc) is 2.86. The minimum atomic E-state index is -0.543. The molecule has 96 valence electrons. The highest BCUT2D eigenvalue weighted by atomic mass is 16.5. The Morgan fingerprint density at radius 2 is 2.42 bits per heavy atom. The number of nitrogens with zero attached hydrogens (tertiary/aromatic N) is 3. The van der Waals surface area contributed by atoms with Gasteiger partial charge in [-0.1, -0.05) is 6.07 Å². The molecular weight excluding hydrogens is 242 g/mol. The molecule has 2 aromatic rings. The van der Waals surface area contributed by atoms with Crippen molar-refractivity contribution in [1.29, 1.82) is 0 Å². The molecule has 1 unspecified atom stereocenters. The van der Waals surface area contributed by atoms with E-state index in [-0.39, 0.29) is 6.42 Å². The summed E-state index contributed by atoms with van der Waals surface area (Å²) in [6.45, 7) is 0. The highest BCUT2D eigenvalue weighted by molar-refractivity contribution is 5.88. The van der Waals surface area contributed by atoms with E-state index in [1.54, 1.807) is 31.6 Å². The number of carbonyl (C=O) groups excluding carboxylic acids is 1. The monoisotopic (exact) mass is 255 g/mol. The van der Waals surface area contributed by atoms with Crippen molar-refractivity contribution in [2.75, 3.05) is 0 Å². The molecule has 0 fully saturated rings. The summed E-state index contributed by atoms with van der Waals surface area (Å²) in [6.07, 6.45) is 9.72. The Morgan fingerprint density at radius 1 is 1.58 bits per heavy atom. The molecule has 0 radical (unpaired) electrons. The quantitative estimate of drug-likeness (QED) is 0.616. The van der Waals surface area contributed by atoms with E-state index >= 15 is 0 Å². The number of rotatable bonds is 4. The Kier molecular flexibility index (Phi) is 3.94. The first-order chi connectivity index (χ1) is 9.20. The van der Waals surface area contributed by atoms with Crippen LogP contribution in [-0.2, 0) is 11.8 Å². The van der Waals surface area contributed by atoms with E-state index in [1.807, 2.05) is 6.07 Å². The van der Waals surface area contributed by atoms with Gasteiger partial charge in [-0.3, -0.25) is 9.67 Å². The van der Waals surface area contributed by atoms with E-state index < -0.39 is 12.1 Å². The van der Waals surface area contributed by atoms with Crippen molar-refractivity contribution in [1.82, 2.24) is 14.8 Å². The number of ether oxygens (including phenoxy) is 1. The zero-order valence-electron chi connectivity index (χ0n) is 10.5. The zero-order valence-corrected chi connectivity index (χ0v) is 10.5. The molecule has 2 rings (SSSR count). The van der Waals surface area contributed by atoms with Gasteiger partial charge in [-0.05, 0) is 12.1 Å². The predicted octanol–water partition coefficient (Wildman–Crippen LogP) is 1.74. The maximum absolute atomic E-state index is 11.9. The number of terminal acetylenes is 1. The maximum atomic E-state index is 11.9. The standard InChI is InChI=1S/C14H13N3O2/c1-3-6-13(12-7-4-5-8-15-12)19-14(18)11-9-16-17(2)10-11/h1,4-5,7-10,13H,6H2,2H3. The fourth-order valence-electron chi connectivity index (χ4n) is 1.60. The highest BCUT2D eigenvalue weighted by Gasteiger charge is 2.19. The van der Waals surface area contributed by atoms with Gasteiger partial charge in [0, 0.05) is 19.4 Å². The molecule has 0 aliphatic rings. The number of carbonyl (C=O) groups is 1. The van der Waals surface area contributed by atoms with Gasteiger partial charge in [-0.2, -0.15) is 5.10 Å². The van der Waals surface area contributed by atoms with Crippen molar-refractivity contribution in [3.05, 3.63) is 48.0 Å². The van der Waals surface area contributed by atoms with Gasteiger partial charge in [-0.25, -0.2) is 4.79 Å². The summed E-state index contributed by atoms with van der Waals surface area (Å²) in [5.41, 5.74) is 1.03. The van der Waals surface area contributed by atoms with E-state index in [4.69, 9.17) is 11.2 Å². The second kappa shape index (κ2) is 5.83. The first kappa shape index (κ1) is 12.8. The van der Waals surface area contributed by atoms with Crippen LogP contribution in [0.3, 0.4) is 0 Å². The van der Waals surface area contributed by atoms with Gasteiger partial charge < -0.3 is 4.74 Å². The van der Waals surface area contributed by atoms with Crippen molar-refractivity contribution >= 4 is 5.97 Å². The van der Waals surface area contributed by atoms with E-state index in [1.165, 1.54) is 10.9 Å². The van der Waals surface area contributed by atoms with Crippen LogP contribution in [-0.4, -0.2) is 20.7 Å². The van der Waals surface area contributed by atoms with Gasteiger partial charge >= 0.3 is 5.97 Å². The van der Waals surface area contributed by atoms with Crippen molar-refractivity contribution in [2.45, 2.75) is 12.5 Å². The summed E-state index contributed by atoms with van der Waals surface area (Å²) in [5, 5.41) is 3.92. The number of esters is 1. The number of pyridine rings is 1. The Balaban J connectivity index is 2.14. The van der Waals surface area contributed by atoms with Crippen molar-refractivity contribution in [2.24, 2.45) is 7.05 Å². The second-order valence-corrected chi connectivity index (χ2v) is 3.96. The molecule has 5 heteroatoms. The number of aromatic nitrogens is 3. The van der Waals surface area contributed by atoms with Gasteiger partial charge in [0.15, 0.2) is 6.10 Å². The second-order valence-electron chi connectivity index (χ2n) is 3.96. The van der Waals surface area contributed by atoms with E-state index in [0.717, 1.165) is 0 Å². The summed E-state index contributed by atoms with van der Waals surface area (Å²) in [5.74, 6) is 2.03. The van der Waals surface area contributed by atoms with Crippen LogP contribution < -0.4 is 0 Å². The van der Waals surface area contributed by atoms with Gasteiger partial charge in [0.2, 0.25) is 0 Å². The zero-order chi connectivity index (χ0) is 13.7. The third-order valence-corrected chi connectivity index (χ3v) is 2.51. The van der Waals surface area contributed by atoms with Crippen LogP contribution in [0, 0.1) is 12.3 Å². The third-order valence-electron chi connectivity index (χ3n) is 2.51. The molecule has 0 bridgehead atoms. The third kappa shape index (κ3) is 3.19. The molecule has 5 nitrogen and oxygen atoms in total. The normalized spacial score (nSPS) is 11.6. The molecule has 0 spiro atoms. The van der Waals surface area contributed by atoms with Gasteiger partial charge in [0.1, 0.15) is 0 Å². The van der Waals surface area contributed by atoms with E-state index in [0.29, 0.717) is 11.3 Å². The number of aryl methyl sites for hydroxylation is 1. The smallest absolute Gasteiger partial charge is 0.342 e. The SMILES string of the molecule is C#CCC(OC(=O)c1cnn(C)c1)c1ccccn1. The van der Waals surface area contributed by atoms with Gasteiger partial charge in [0.25, 0.3) is 0 Å². The highest BCUT2D eigenvalue weighted by Crippen LogP contribution is 2.20. The summed E-state index contributed by atoms with van der Waals surface area (Å²) >= 11 is 0. The topological polar surface area (TPSA) is 57.0 Å². The Bertz CT molecular complexity index is 599. The van der Waals surface area contributed by atoms with Crippen LogP contribution >= 0.6 is 0 Å². The van der Waals surface area contributed by atoms with Crippen molar-refractivity contribution < 1.29 is 9.53 Å². The number of hydrogen-bond acceptors (Lipinski definition) is 4. The lowest BCUT2D eigenvalue weighted by Crippen LogP contribution is -2.12. The molecular formula is C14H13N3O2. The largest absolute Gasteiger partial charge is 0.451 e. The number of hydrogen-bond donors (Lipinski definition) is 0. The Hall–Kier alpha value is -2.61. The van der Waals surface area contributed by atoms with Crippen LogP contribution in [0.5, 0.6) is 0 Å². The first-order valence-corrected chi connectivity index (χ1v) is 5.74. The van der Waals surface area contributed by atoms with Crippen LogP contribution in [0.4, 0.5) is 0 Å². The summed E-state index contributed by atoms with van der Waals surface area (Å²) < 4.78 is 6.91. The molecule has 0 aliphatic carbocycles. The van der Waals surface area contributed by atoms with E-state index in [9.17, 15) is 4.79 Å². The molecule has 1 atom stereocenters. The lowest BCUT2D eigenvalue weighted by Gasteiger charge is -2.14. The fraction of sp³-hybridized carbons (Fsp3) is 0.214. The predicted molar refractivity (Wildman–Crippen MR) is 69.1 cm³/mol. The molecule has 0 saturated heterocycles. The Labute approximate surface area is 111 Å². The molecule has 0 aromatic carbocycles. The molecule has 0 aliphatic heterocycles. The van der Waals surface area contributed by atoms with Crippen molar-refractivity contribution in [3.63, 3.8) is 0 Å². The fourth-order valence-corrected chi connectivity index (χ4v) is 1.60. The summed E-state index contributed by atoms with van der Waals surface area (Å²) in [4.78, 5) is 16.1. The van der Waals surface area contributed by atoms with Crippen LogP contribution in [0.2, 0.25) is 0 Å². The first-order valence-electron chi connectivity index (χ1n) is 5.74. The van der Waals surface area contributed by atoms with Crippen molar-refractivity contribution in [3.8, 4) is 12.3 Å². The molecule has 0 saturated carbocycles. The Morgan fingerprint density at radius 3 is 3.00 bits per heavy atom. The van der Waals surface area contributed by atoms with E-state index in [2.05, 4.69) is 16.0 Å². The van der Waals surface area contributed by atoms with Gasteiger partial charge in [0.05, 0.1) is 23.9 Å². The maximum Gasteiger partial charge on any atom is 0.342 e. The molecule has 19 heavy (non-hydrogen) atoms. The molecule has 2 aromatic heterocycles. The van der Waals surface area contributed by atoms with Gasteiger partial charge in [-0.15, -0.1) is 12.3 Å². The molecule has 0 N–H and O–H groups in total. The minimum Gasteiger partial charge on any atom is -0.451 e. The lowest BCUT2D eigenvalue weighted by atomic mass is 10.1. The van der Waals surface area contributed by atoms with Crippen LogP contribution in [0.1, 0.15) is 28.6 Å². The molecule has 0 amide bonds. The summed E-state index contributed by atoms with van der Waals surface area (Å²) in [7, 11) is 1.73.